The van der Waals surface area contributed by atoms with Crippen LogP contribution in [0, 0.1) is 24.1 Å². The predicted molar refractivity (Wildman–Crippen MR) is 137 cm³/mol. The number of sulfonamides is 1. The zero-order valence-electron chi connectivity index (χ0n) is 19.6. The smallest absolute Gasteiger partial charge is 0.264 e. The molecule has 0 fully saturated rings. The highest BCUT2D eigenvalue weighted by molar-refractivity contribution is 7.90. The first-order valence-electron chi connectivity index (χ1n) is 10.8. The Bertz CT molecular complexity index is 1540. The van der Waals surface area contributed by atoms with Gasteiger partial charge in [0.05, 0.1) is 27.0 Å². The molecule has 8 nitrogen and oxygen atoms in total. The first-order valence-corrected chi connectivity index (χ1v) is 13.0. The largest absolute Gasteiger partial charge is 0.453 e. The van der Waals surface area contributed by atoms with Gasteiger partial charge in [-0.1, -0.05) is 48.3 Å². The average molecular weight is 564 g/mol. The summed E-state index contributed by atoms with van der Waals surface area (Å²) >= 11 is 12.2. The maximum Gasteiger partial charge on any atom is 0.264 e. The lowest BCUT2D eigenvalue weighted by atomic mass is 10.1. The van der Waals surface area contributed by atoms with Gasteiger partial charge < -0.3 is 10.1 Å². The topological polar surface area (TPSA) is 125 Å². The van der Waals surface area contributed by atoms with E-state index in [1.807, 2.05) is 10.8 Å². The van der Waals surface area contributed by atoms with Crippen molar-refractivity contribution in [3.05, 3.63) is 81.1 Å². The number of hydrogen-bond acceptors (Lipinski definition) is 6. The Morgan fingerprint density at radius 2 is 1.81 bits per heavy atom. The number of anilines is 1. The molecule has 0 aliphatic rings. The second-order valence-corrected chi connectivity index (χ2v) is 10.3. The molecule has 3 aromatic carbocycles. The molecule has 12 heteroatoms. The lowest BCUT2D eigenvalue weighted by Crippen LogP contribution is -2.29. The molecule has 0 aliphatic heterocycles. The summed E-state index contributed by atoms with van der Waals surface area (Å²) in [6, 6.07) is 12.9. The van der Waals surface area contributed by atoms with Crippen molar-refractivity contribution in [3.63, 3.8) is 0 Å². The molecule has 2 N–H and O–H groups in total. The van der Waals surface area contributed by atoms with Crippen molar-refractivity contribution in [2.75, 3.05) is 5.32 Å². The molecule has 0 unspecified atom stereocenters. The third kappa shape index (κ3) is 6.57. The molecule has 0 atom stereocenters. The van der Waals surface area contributed by atoms with Gasteiger partial charge in [0, 0.05) is 12.0 Å². The van der Waals surface area contributed by atoms with E-state index >= 15 is 4.39 Å². The number of halogens is 3. The molecule has 192 valence electrons. The molecule has 0 saturated heterocycles. The number of carbonyl (C=O) groups excluding carboxylic acids is 2. The van der Waals surface area contributed by atoms with Crippen LogP contribution in [-0.2, 0) is 26.0 Å². The Kier molecular flexibility index (Phi) is 8.76. The van der Waals surface area contributed by atoms with Crippen LogP contribution in [0.4, 0.5) is 10.1 Å². The minimum atomic E-state index is -4.12. The highest BCUT2D eigenvalue weighted by atomic mass is 35.5. The summed E-state index contributed by atoms with van der Waals surface area (Å²) in [5.74, 6) is -2.21. The van der Waals surface area contributed by atoms with E-state index < -0.39 is 34.1 Å². The molecule has 2 amide bonds. The lowest BCUT2D eigenvalue weighted by Gasteiger charge is -2.14. The number of hydrogen-bond donors (Lipinski definition) is 2. The second kappa shape index (κ2) is 11.6. The molecular formula is C25H20Cl2FN3O5S. The summed E-state index contributed by atoms with van der Waals surface area (Å²) in [5.41, 5.74) is 0.575. The Hall–Kier alpha value is -3.65. The second-order valence-electron chi connectivity index (χ2n) is 7.76. The van der Waals surface area contributed by atoms with Crippen LogP contribution in [0.15, 0.2) is 53.4 Å². The molecule has 0 saturated carbocycles. The van der Waals surface area contributed by atoms with Crippen LogP contribution < -0.4 is 14.8 Å². The molecule has 0 aromatic heterocycles. The molecule has 0 aliphatic carbocycles. The number of benzene rings is 3. The fourth-order valence-corrected chi connectivity index (χ4v) is 4.76. The summed E-state index contributed by atoms with van der Waals surface area (Å²) in [4.78, 5) is 23.8. The van der Waals surface area contributed by atoms with Crippen LogP contribution in [0.1, 0.15) is 30.0 Å². The normalized spacial score (nSPS) is 10.9. The van der Waals surface area contributed by atoms with E-state index in [9.17, 15) is 23.3 Å². The van der Waals surface area contributed by atoms with Gasteiger partial charge in [0.2, 0.25) is 11.8 Å². The van der Waals surface area contributed by atoms with Crippen LogP contribution in [0.2, 0.25) is 10.0 Å². The van der Waals surface area contributed by atoms with E-state index in [0.717, 1.165) is 6.07 Å². The van der Waals surface area contributed by atoms with Crippen molar-refractivity contribution in [2.45, 2.75) is 31.6 Å². The van der Waals surface area contributed by atoms with E-state index in [1.165, 1.54) is 37.3 Å². The van der Waals surface area contributed by atoms with Gasteiger partial charge in [-0.25, -0.2) is 17.5 Å². The maximum absolute atomic E-state index is 15.3. The number of nitrogens with zero attached hydrogens (tertiary/aromatic N) is 1. The summed E-state index contributed by atoms with van der Waals surface area (Å²) in [7, 11) is -4.12. The van der Waals surface area contributed by atoms with Crippen LogP contribution in [0.25, 0.3) is 0 Å². The Balaban J connectivity index is 1.80. The maximum atomic E-state index is 15.3. The summed E-state index contributed by atoms with van der Waals surface area (Å²) in [6.45, 7) is 3.11. The van der Waals surface area contributed by atoms with E-state index in [4.69, 9.17) is 27.9 Å². The van der Waals surface area contributed by atoms with Crippen LogP contribution >= 0.6 is 23.2 Å². The number of rotatable bonds is 8. The fraction of sp³-hybridized carbons (Fsp3) is 0.160. The van der Waals surface area contributed by atoms with Gasteiger partial charge in [0.15, 0.2) is 11.6 Å². The van der Waals surface area contributed by atoms with E-state index in [0.29, 0.717) is 5.56 Å². The molecule has 0 spiro atoms. The number of ether oxygens (including phenoxy) is 1. The molecule has 3 rings (SSSR count). The van der Waals surface area contributed by atoms with E-state index in [-0.39, 0.29) is 49.7 Å². The predicted octanol–water partition coefficient (Wildman–Crippen LogP) is 5.50. The van der Waals surface area contributed by atoms with Crippen LogP contribution in [0.5, 0.6) is 11.5 Å². The van der Waals surface area contributed by atoms with Gasteiger partial charge >= 0.3 is 0 Å². The van der Waals surface area contributed by atoms with Gasteiger partial charge in [-0.15, -0.1) is 0 Å². The van der Waals surface area contributed by atoms with Gasteiger partial charge in [-0.05, 0) is 42.8 Å². The van der Waals surface area contributed by atoms with Crippen molar-refractivity contribution >= 4 is 50.7 Å². The number of carbonyl (C=O) groups is 2. The summed E-state index contributed by atoms with van der Waals surface area (Å²) in [6.07, 6.45) is -0.423. The highest BCUT2D eigenvalue weighted by Gasteiger charge is 2.21. The SMILES string of the molecule is CCC(=O)NS(=O)(=O)c1ccc(NC(=O)Cc2ccc(C)c(Oc3cccc(Cl)c3C#N)c2F)c(Cl)c1. The zero-order chi connectivity index (χ0) is 27.3. The van der Waals surface area contributed by atoms with Gasteiger partial charge in [-0.2, -0.15) is 5.26 Å². The zero-order valence-corrected chi connectivity index (χ0v) is 21.9. The minimum Gasteiger partial charge on any atom is -0.453 e. The third-order valence-electron chi connectivity index (χ3n) is 5.12. The van der Waals surface area contributed by atoms with Gasteiger partial charge in [0.1, 0.15) is 17.4 Å². The standard InChI is InChI=1S/C25H20Cl2FN3O5S/c1-3-22(32)31-37(34,35)16-9-10-20(19(27)12-16)30-23(33)11-15-8-7-14(2)25(24(15)28)36-21-6-4-5-18(26)17(21)13-29/h4-10,12H,3,11H2,1-2H3,(H,30,33)(H,31,32). The number of nitriles is 1. The highest BCUT2D eigenvalue weighted by Crippen LogP contribution is 2.34. The minimum absolute atomic E-state index is 0.0104. The molecule has 3 aromatic rings. The van der Waals surface area contributed by atoms with Crippen molar-refractivity contribution in [1.29, 1.82) is 5.26 Å². The van der Waals surface area contributed by atoms with Crippen LogP contribution in [0.3, 0.4) is 0 Å². The molecule has 0 heterocycles. The molecule has 0 radical (unpaired) electrons. The quantitative estimate of drug-likeness (QED) is 0.372. The van der Waals surface area contributed by atoms with Crippen molar-refractivity contribution in [3.8, 4) is 17.6 Å². The Morgan fingerprint density at radius 3 is 2.46 bits per heavy atom. The Morgan fingerprint density at radius 1 is 1.08 bits per heavy atom. The monoisotopic (exact) mass is 563 g/mol. The van der Waals surface area contributed by atoms with E-state index in [1.54, 1.807) is 19.1 Å². The number of aryl methyl sites for hydroxylation is 1. The number of amides is 2. The van der Waals surface area contributed by atoms with Crippen molar-refractivity contribution in [1.82, 2.24) is 4.72 Å². The van der Waals surface area contributed by atoms with Crippen molar-refractivity contribution < 1.29 is 27.1 Å². The summed E-state index contributed by atoms with van der Waals surface area (Å²) in [5, 5.41) is 11.9. The third-order valence-corrected chi connectivity index (χ3v) is 7.12. The molecular weight excluding hydrogens is 544 g/mol. The van der Waals surface area contributed by atoms with Crippen LogP contribution in [-0.4, -0.2) is 20.2 Å². The number of nitrogens with one attached hydrogen (secondary N) is 2. The van der Waals surface area contributed by atoms with Crippen molar-refractivity contribution in [2.24, 2.45) is 0 Å². The van der Waals surface area contributed by atoms with Gasteiger partial charge in [0.25, 0.3) is 10.0 Å². The van der Waals surface area contributed by atoms with E-state index in [2.05, 4.69) is 5.32 Å². The van der Waals surface area contributed by atoms with Gasteiger partial charge in [-0.3, -0.25) is 9.59 Å². The molecule has 0 bridgehead atoms. The lowest BCUT2D eigenvalue weighted by molar-refractivity contribution is -0.119. The fourth-order valence-electron chi connectivity index (χ4n) is 3.18. The first kappa shape index (κ1) is 27.9. The summed E-state index contributed by atoms with van der Waals surface area (Å²) < 4.78 is 47.4. The molecule has 37 heavy (non-hydrogen) atoms. The first-order chi connectivity index (χ1) is 17.5. The Labute approximate surface area is 223 Å². The average Bonchev–Trinajstić information content (AvgIpc) is 2.84.